The van der Waals surface area contributed by atoms with Crippen molar-refractivity contribution in [2.45, 2.75) is 18.1 Å². The largest absolute Gasteiger partial charge is 0.514 e. The Kier molecular flexibility index (Phi) is 6.41. The molecule has 0 aliphatic rings. The summed E-state index contributed by atoms with van der Waals surface area (Å²) in [5.74, 6) is 0.264. The molecule has 0 saturated heterocycles. The summed E-state index contributed by atoms with van der Waals surface area (Å²) in [6.45, 7) is -0.0993. The van der Waals surface area contributed by atoms with Gasteiger partial charge in [0.2, 0.25) is 0 Å². The van der Waals surface area contributed by atoms with Crippen molar-refractivity contribution in [1.29, 1.82) is 0 Å². The normalized spacial score (nSPS) is 10.0. The SMILES string of the molecule is NSc1ccc(COC(=O)Oc2ccc(CO[N+](=O)[O-])cc2)cc1. The van der Waals surface area contributed by atoms with E-state index in [0.717, 1.165) is 22.4 Å². The molecule has 2 aromatic rings. The van der Waals surface area contributed by atoms with Gasteiger partial charge in [-0.2, -0.15) is 0 Å². The van der Waals surface area contributed by atoms with E-state index >= 15 is 0 Å². The molecule has 9 heteroatoms. The van der Waals surface area contributed by atoms with Crippen molar-refractivity contribution in [2.24, 2.45) is 5.14 Å². The topological polar surface area (TPSA) is 114 Å². The van der Waals surface area contributed by atoms with Crippen LogP contribution >= 0.6 is 11.9 Å². The third kappa shape index (κ3) is 5.78. The van der Waals surface area contributed by atoms with Gasteiger partial charge in [-0.1, -0.05) is 24.3 Å². The van der Waals surface area contributed by atoms with Crippen molar-refractivity contribution in [3.8, 4) is 5.75 Å². The zero-order valence-corrected chi connectivity index (χ0v) is 13.2. The molecule has 0 radical (unpaired) electrons. The molecule has 0 aliphatic carbocycles. The molecule has 0 saturated carbocycles. The Morgan fingerprint density at radius 2 is 1.62 bits per heavy atom. The maximum atomic E-state index is 11.6. The van der Waals surface area contributed by atoms with E-state index in [2.05, 4.69) is 4.84 Å². The molecule has 0 unspecified atom stereocenters. The van der Waals surface area contributed by atoms with E-state index in [-0.39, 0.29) is 19.0 Å². The predicted octanol–water partition coefficient (Wildman–Crippen LogP) is 3.08. The van der Waals surface area contributed by atoms with Gasteiger partial charge in [0, 0.05) is 4.90 Å². The fraction of sp³-hybridized carbons (Fsp3) is 0.133. The summed E-state index contributed by atoms with van der Waals surface area (Å²) in [5, 5.41) is 14.6. The lowest BCUT2D eigenvalue weighted by Crippen LogP contribution is -2.10. The molecule has 0 spiro atoms. The lowest BCUT2D eigenvalue weighted by molar-refractivity contribution is -0.763. The van der Waals surface area contributed by atoms with Gasteiger partial charge >= 0.3 is 6.16 Å². The number of nitrogens with zero attached hydrogens (tertiary/aromatic N) is 1. The van der Waals surface area contributed by atoms with E-state index in [1.807, 2.05) is 12.1 Å². The molecule has 0 bridgehead atoms. The predicted molar refractivity (Wildman–Crippen MR) is 85.5 cm³/mol. The van der Waals surface area contributed by atoms with Crippen LogP contribution in [0.15, 0.2) is 53.4 Å². The maximum Gasteiger partial charge on any atom is 0.514 e. The second kappa shape index (κ2) is 8.75. The van der Waals surface area contributed by atoms with Crippen molar-refractivity contribution in [3.05, 3.63) is 69.8 Å². The number of ether oxygens (including phenoxy) is 2. The van der Waals surface area contributed by atoms with Gasteiger partial charge in [0.15, 0.2) is 0 Å². The smallest absolute Gasteiger partial charge is 0.429 e. The van der Waals surface area contributed by atoms with Gasteiger partial charge in [0.1, 0.15) is 19.0 Å². The van der Waals surface area contributed by atoms with Crippen LogP contribution in [0.4, 0.5) is 4.79 Å². The first-order valence-electron chi connectivity index (χ1n) is 6.73. The second-order valence-corrected chi connectivity index (χ2v) is 5.25. The minimum atomic E-state index is -0.874. The summed E-state index contributed by atoms with van der Waals surface area (Å²) < 4.78 is 10.0. The average Bonchev–Trinajstić information content (AvgIpc) is 2.60. The molecule has 8 nitrogen and oxygen atoms in total. The number of nitrogens with two attached hydrogens (primary N) is 1. The highest BCUT2D eigenvalue weighted by Gasteiger charge is 2.07. The third-order valence-electron chi connectivity index (χ3n) is 2.88. The summed E-state index contributed by atoms with van der Waals surface area (Å²) in [5.41, 5.74) is 1.38. The minimum absolute atomic E-state index is 0.0725. The number of carbonyl (C=O) groups is 1. The van der Waals surface area contributed by atoms with Crippen LogP contribution < -0.4 is 9.88 Å². The van der Waals surface area contributed by atoms with Gasteiger partial charge in [0.25, 0.3) is 5.09 Å². The van der Waals surface area contributed by atoms with Crippen LogP contribution in [-0.2, 0) is 22.8 Å². The monoisotopic (exact) mass is 350 g/mol. The van der Waals surface area contributed by atoms with Crippen molar-refractivity contribution < 1.29 is 24.2 Å². The summed E-state index contributed by atoms with van der Waals surface area (Å²) in [6.07, 6.45) is -0.846. The summed E-state index contributed by atoms with van der Waals surface area (Å²) in [7, 11) is 0. The van der Waals surface area contributed by atoms with Gasteiger partial charge in [-0.15, -0.1) is 10.1 Å². The van der Waals surface area contributed by atoms with E-state index < -0.39 is 11.2 Å². The van der Waals surface area contributed by atoms with Crippen LogP contribution in [0, 0.1) is 10.1 Å². The Balaban J connectivity index is 1.79. The molecule has 0 atom stereocenters. The number of rotatable bonds is 7. The second-order valence-electron chi connectivity index (χ2n) is 4.54. The standard InChI is InChI=1S/C15H14N2O6S/c16-24-14-7-3-11(4-8-14)9-21-15(18)23-13-5-1-12(2-6-13)10-22-17(19)20/h1-8H,9-10,16H2. The molecule has 0 amide bonds. The molecule has 2 aromatic carbocycles. The molecule has 0 aliphatic heterocycles. The summed E-state index contributed by atoms with van der Waals surface area (Å²) in [4.78, 5) is 26.9. The zero-order chi connectivity index (χ0) is 17.4. The van der Waals surface area contributed by atoms with Crippen LogP contribution in [0.2, 0.25) is 0 Å². The molecule has 0 heterocycles. The first kappa shape index (κ1) is 17.6. The van der Waals surface area contributed by atoms with Gasteiger partial charge < -0.3 is 14.3 Å². The molecule has 0 fully saturated rings. The van der Waals surface area contributed by atoms with Crippen molar-refractivity contribution in [3.63, 3.8) is 0 Å². The van der Waals surface area contributed by atoms with E-state index in [1.54, 1.807) is 24.3 Å². The van der Waals surface area contributed by atoms with E-state index in [4.69, 9.17) is 14.6 Å². The molecule has 0 aromatic heterocycles. The van der Waals surface area contributed by atoms with E-state index in [0.29, 0.717) is 5.56 Å². The number of hydrogen-bond acceptors (Lipinski definition) is 8. The highest BCUT2D eigenvalue weighted by molar-refractivity contribution is 7.97. The fourth-order valence-electron chi connectivity index (χ4n) is 1.71. The van der Waals surface area contributed by atoms with Crippen LogP contribution in [-0.4, -0.2) is 11.2 Å². The van der Waals surface area contributed by atoms with Crippen LogP contribution in [0.1, 0.15) is 11.1 Å². The molecule has 2 rings (SSSR count). The minimum Gasteiger partial charge on any atom is -0.429 e. The highest BCUT2D eigenvalue weighted by Crippen LogP contribution is 2.15. The number of carbonyl (C=O) groups excluding carboxylic acids is 1. The molecule has 126 valence electrons. The molecule has 24 heavy (non-hydrogen) atoms. The van der Waals surface area contributed by atoms with Crippen LogP contribution in [0.25, 0.3) is 0 Å². The van der Waals surface area contributed by atoms with Crippen LogP contribution in [0.3, 0.4) is 0 Å². The quantitative estimate of drug-likeness (QED) is 0.266. The third-order valence-corrected chi connectivity index (χ3v) is 3.42. The first-order valence-corrected chi connectivity index (χ1v) is 7.61. The van der Waals surface area contributed by atoms with Crippen molar-refractivity contribution in [2.75, 3.05) is 0 Å². The fourth-order valence-corrected chi connectivity index (χ4v) is 2.01. The van der Waals surface area contributed by atoms with Crippen molar-refractivity contribution >= 4 is 18.1 Å². The van der Waals surface area contributed by atoms with Gasteiger partial charge in [-0.05, 0) is 47.3 Å². The number of benzene rings is 2. The summed E-state index contributed by atoms with van der Waals surface area (Å²) >= 11 is 1.13. The molecular weight excluding hydrogens is 336 g/mol. The Labute approximate surface area is 141 Å². The van der Waals surface area contributed by atoms with Gasteiger partial charge in [0.05, 0.1) is 0 Å². The first-order chi connectivity index (χ1) is 11.6. The summed E-state index contributed by atoms with van der Waals surface area (Å²) in [6, 6.07) is 13.3. The molecule has 2 N–H and O–H groups in total. The Morgan fingerprint density at radius 3 is 2.21 bits per heavy atom. The zero-order valence-electron chi connectivity index (χ0n) is 12.4. The van der Waals surface area contributed by atoms with E-state index in [1.165, 1.54) is 12.1 Å². The highest BCUT2D eigenvalue weighted by atomic mass is 32.2. The van der Waals surface area contributed by atoms with E-state index in [9.17, 15) is 14.9 Å². The van der Waals surface area contributed by atoms with Crippen LogP contribution in [0.5, 0.6) is 5.75 Å². The maximum absolute atomic E-state index is 11.6. The Morgan fingerprint density at radius 1 is 1.04 bits per heavy atom. The van der Waals surface area contributed by atoms with Crippen molar-refractivity contribution in [1.82, 2.24) is 0 Å². The Hall–Kier alpha value is -2.78. The Bertz CT molecular complexity index is 690. The van der Waals surface area contributed by atoms with Gasteiger partial charge in [-0.3, -0.25) is 5.14 Å². The molecular formula is C15H14N2O6S. The average molecular weight is 350 g/mol. The lowest BCUT2D eigenvalue weighted by atomic mass is 10.2. The number of hydrogen-bond donors (Lipinski definition) is 1. The van der Waals surface area contributed by atoms with Gasteiger partial charge in [-0.25, -0.2) is 4.79 Å². The lowest BCUT2D eigenvalue weighted by Gasteiger charge is -2.07.